The average molecular weight is 290 g/mol. The van der Waals surface area contributed by atoms with Gasteiger partial charge in [0.15, 0.2) is 0 Å². The molecule has 0 saturated carbocycles. The van der Waals surface area contributed by atoms with E-state index in [1.165, 1.54) is 6.07 Å². The maximum Gasteiger partial charge on any atom is 0.205 e. The molecule has 1 aromatic heterocycles. The number of rotatable bonds is 1. The number of hydrogen-bond acceptors (Lipinski definition) is 2. The Bertz CT molecular complexity index is 803. The Hall–Kier alpha value is -2.07. The second-order valence-corrected chi connectivity index (χ2v) is 5.31. The van der Waals surface area contributed by atoms with Crippen molar-refractivity contribution in [2.24, 2.45) is 0 Å². The molecule has 3 aromatic rings. The van der Waals surface area contributed by atoms with E-state index in [9.17, 15) is 4.39 Å². The maximum atomic E-state index is 13.5. The van der Waals surface area contributed by atoms with Crippen LogP contribution in [0.2, 0.25) is 5.02 Å². The minimum absolute atomic E-state index is 0.0584. The Morgan fingerprint density at radius 3 is 2.40 bits per heavy atom. The van der Waals surface area contributed by atoms with Gasteiger partial charge in [0.2, 0.25) is 5.95 Å². The summed E-state index contributed by atoms with van der Waals surface area (Å²) in [5, 5.41) is 0.0584. The summed E-state index contributed by atoms with van der Waals surface area (Å²) in [6.07, 6.45) is 0. The fourth-order valence-electron chi connectivity index (χ4n) is 2.44. The van der Waals surface area contributed by atoms with Crippen molar-refractivity contribution in [3.05, 3.63) is 52.3 Å². The highest BCUT2D eigenvalue weighted by atomic mass is 35.5. The summed E-state index contributed by atoms with van der Waals surface area (Å²) in [6, 6.07) is 8.93. The van der Waals surface area contributed by atoms with Crippen LogP contribution in [-0.4, -0.2) is 9.55 Å². The molecule has 0 atom stereocenters. The van der Waals surface area contributed by atoms with Crippen molar-refractivity contribution in [2.75, 3.05) is 5.73 Å². The van der Waals surface area contributed by atoms with Gasteiger partial charge in [0, 0.05) is 11.8 Å². The van der Waals surface area contributed by atoms with E-state index in [1.54, 1.807) is 10.6 Å². The molecule has 1 heterocycles. The number of nitrogen functional groups attached to an aromatic ring is 1. The molecule has 0 saturated heterocycles. The molecular formula is C15H13ClFN3. The van der Waals surface area contributed by atoms with E-state index < -0.39 is 5.82 Å². The predicted molar refractivity (Wildman–Crippen MR) is 79.9 cm³/mol. The first-order valence-corrected chi connectivity index (χ1v) is 6.55. The third kappa shape index (κ3) is 2.02. The maximum absolute atomic E-state index is 13.5. The molecule has 0 radical (unpaired) electrons. The van der Waals surface area contributed by atoms with Gasteiger partial charge in [0.25, 0.3) is 0 Å². The van der Waals surface area contributed by atoms with E-state index in [0.29, 0.717) is 17.0 Å². The summed E-state index contributed by atoms with van der Waals surface area (Å²) in [6.45, 7) is 4.02. The van der Waals surface area contributed by atoms with Gasteiger partial charge >= 0.3 is 0 Å². The van der Waals surface area contributed by atoms with Crippen molar-refractivity contribution >= 4 is 28.6 Å². The lowest BCUT2D eigenvalue weighted by Gasteiger charge is -2.09. The monoisotopic (exact) mass is 289 g/mol. The minimum Gasteiger partial charge on any atom is -0.369 e. The van der Waals surface area contributed by atoms with Crippen molar-refractivity contribution in [1.29, 1.82) is 0 Å². The van der Waals surface area contributed by atoms with Crippen LogP contribution >= 0.6 is 11.6 Å². The second kappa shape index (κ2) is 4.49. The molecule has 2 N–H and O–H groups in total. The van der Waals surface area contributed by atoms with Gasteiger partial charge in [0.1, 0.15) is 5.82 Å². The topological polar surface area (TPSA) is 43.8 Å². The molecule has 2 aromatic carbocycles. The molecular weight excluding hydrogens is 277 g/mol. The zero-order valence-electron chi connectivity index (χ0n) is 11.1. The van der Waals surface area contributed by atoms with E-state index >= 15 is 0 Å². The largest absolute Gasteiger partial charge is 0.369 e. The summed E-state index contributed by atoms with van der Waals surface area (Å²) in [4.78, 5) is 4.19. The quantitative estimate of drug-likeness (QED) is 0.735. The lowest BCUT2D eigenvalue weighted by atomic mass is 10.1. The fourth-order valence-corrected chi connectivity index (χ4v) is 2.60. The molecule has 0 spiro atoms. The molecule has 0 fully saturated rings. The third-order valence-corrected chi connectivity index (χ3v) is 3.48. The van der Waals surface area contributed by atoms with Crippen LogP contribution in [0.3, 0.4) is 0 Å². The molecule has 0 aliphatic carbocycles. The number of aryl methyl sites for hydroxylation is 2. The number of halogens is 2. The highest BCUT2D eigenvalue weighted by Gasteiger charge is 2.13. The number of nitrogens with zero attached hydrogens (tertiary/aromatic N) is 2. The van der Waals surface area contributed by atoms with Crippen LogP contribution in [-0.2, 0) is 0 Å². The number of anilines is 1. The zero-order chi connectivity index (χ0) is 14.4. The highest BCUT2D eigenvalue weighted by molar-refractivity contribution is 6.31. The fraction of sp³-hybridized carbons (Fsp3) is 0.133. The molecule has 0 unspecified atom stereocenters. The van der Waals surface area contributed by atoms with E-state index in [0.717, 1.165) is 16.8 Å². The minimum atomic E-state index is -0.496. The standard InChI is InChI=1S/C15H13ClFN3/c1-8-3-9(2)5-10(4-8)20-14-6-11(16)12(17)7-13(14)19-15(20)18/h3-7H,1-2H3,(H2,18,19). The van der Waals surface area contributed by atoms with Crippen LogP contribution < -0.4 is 5.73 Å². The summed E-state index contributed by atoms with van der Waals surface area (Å²) in [5.41, 5.74) is 10.3. The van der Waals surface area contributed by atoms with Crippen molar-refractivity contribution in [2.45, 2.75) is 13.8 Å². The number of fused-ring (bicyclic) bond motifs is 1. The normalized spacial score (nSPS) is 11.2. The smallest absolute Gasteiger partial charge is 0.205 e. The van der Waals surface area contributed by atoms with Crippen molar-refractivity contribution in [1.82, 2.24) is 9.55 Å². The van der Waals surface area contributed by atoms with Gasteiger partial charge < -0.3 is 5.73 Å². The van der Waals surface area contributed by atoms with Gasteiger partial charge in [0.05, 0.1) is 16.1 Å². The van der Waals surface area contributed by atoms with E-state index in [2.05, 4.69) is 11.1 Å². The lowest BCUT2D eigenvalue weighted by molar-refractivity contribution is 0.630. The van der Waals surface area contributed by atoms with Crippen molar-refractivity contribution in [3.8, 4) is 5.69 Å². The van der Waals surface area contributed by atoms with Gasteiger partial charge in [-0.15, -0.1) is 0 Å². The van der Waals surface area contributed by atoms with Gasteiger partial charge in [-0.2, -0.15) is 0 Å². The molecule has 20 heavy (non-hydrogen) atoms. The SMILES string of the molecule is Cc1cc(C)cc(-n2c(N)nc3cc(F)c(Cl)cc32)c1. The summed E-state index contributed by atoms with van der Waals surface area (Å²) in [5.74, 6) is -0.184. The molecule has 0 amide bonds. The van der Waals surface area contributed by atoms with E-state index in [-0.39, 0.29) is 5.02 Å². The highest BCUT2D eigenvalue weighted by Crippen LogP contribution is 2.28. The van der Waals surface area contributed by atoms with Crippen LogP contribution in [0.1, 0.15) is 11.1 Å². The van der Waals surface area contributed by atoms with Crippen LogP contribution in [0.25, 0.3) is 16.7 Å². The van der Waals surface area contributed by atoms with Crippen LogP contribution in [0.4, 0.5) is 10.3 Å². The van der Waals surface area contributed by atoms with Crippen LogP contribution in [0.15, 0.2) is 30.3 Å². The van der Waals surface area contributed by atoms with Gasteiger partial charge in [-0.3, -0.25) is 4.57 Å². The second-order valence-electron chi connectivity index (χ2n) is 4.91. The van der Waals surface area contributed by atoms with Crippen LogP contribution in [0.5, 0.6) is 0 Å². The number of aromatic nitrogens is 2. The van der Waals surface area contributed by atoms with Gasteiger partial charge in [-0.1, -0.05) is 17.7 Å². The summed E-state index contributed by atoms with van der Waals surface area (Å²) < 4.78 is 15.3. The zero-order valence-corrected chi connectivity index (χ0v) is 11.9. The van der Waals surface area contributed by atoms with Crippen LogP contribution in [0, 0.1) is 19.7 Å². The van der Waals surface area contributed by atoms with Gasteiger partial charge in [-0.05, 0) is 43.2 Å². The Balaban J connectivity index is 2.35. The Labute approximate surface area is 120 Å². The first kappa shape index (κ1) is 12.9. The van der Waals surface area contributed by atoms with E-state index in [1.807, 2.05) is 26.0 Å². The first-order chi connectivity index (χ1) is 9.45. The first-order valence-electron chi connectivity index (χ1n) is 6.17. The summed E-state index contributed by atoms with van der Waals surface area (Å²) >= 11 is 5.86. The Kier molecular flexibility index (Phi) is 2.91. The Morgan fingerprint density at radius 2 is 1.75 bits per heavy atom. The average Bonchev–Trinajstić information content (AvgIpc) is 2.64. The third-order valence-electron chi connectivity index (χ3n) is 3.19. The number of nitrogens with two attached hydrogens (primary N) is 1. The van der Waals surface area contributed by atoms with Crippen molar-refractivity contribution in [3.63, 3.8) is 0 Å². The molecule has 3 nitrogen and oxygen atoms in total. The van der Waals surface area contributed by atoms with Crippen molar-refractivity contribution < 1.29 is 4.39 Å². The molecule has 3 rings (SSSR count). The molecule has 5 heteroatoms. The molecule has 0 bridgehead atoms. The summed E-state index contributed by atoms with van der Waals surface area (Å²) in [7, 11) is 0. The lowest BCUT2D eigenvalue weighted by Crippen LogP contribution is -2.01. The molecule has 102 valence electrons. The van der Waals surface area contributed by atoms with E-state index in [4.69, 9.17) is 17.3 Å². The number of imidazole rings is 1. The number of hydrogen-bond donors (Lipinski definition) is 1. The predicted octanol–water partition coefficient (Wildman–Crippen LogP) is 4.02. The molecule has 0 aliphatic heterocycles. The van der Waals surface area contributed by atoms with Gasteiger partial charge in [-0.25, -0.2) is 9.37 Å². The number of benzene rings is 2. The molecule has 0 aliphatic rings. The Morgan fingerprint density at radius 1 is 1.10 bits per heavy atom.